The molecule has 7 N–H and O–H groups in total. The van der Waals surface area contributed by atoms with Gasteiger partial charge in [-0.3, -0.25) is 19.2 Å². The fraction of sp³-hybridized carbons (Fsp3) is 0.328. The minimum atomic E-state index is -2.42. The number of hydrogen-bond donors (Lipinski definition) is 7. The molecule has 3 aliphatic rings. The number of carbonyl (C=O) groups excluding carboxylic acids is 5. The molecule has 2 heterocycles. The maximum absolute atomic E-state index is 14.2. The SMILES string of the molecule is COc1cccc2c1C(=O)c1c(O)c3c(c(O)c1C2=O)C[C@@](O)(C(=O)CO)C[C@@H]3OC1C[C@H](NC(=O)OC(Cc2cn(CCCCCC[PH](c3ccccc3)(c3ccccc3)c3ccccc3)nn2)c2ccc(NC(=O)C(Cl)Cl)cc2)[C@H](O)[C@H](C)O1. The number of Topliss-reactive ketones (excluding diaryl/α,β-unsaturated/α-hetero) is 1. The minimum absolute atomic E-state index is 0.0357. The van der Waals surface area contributed by atoms with Crippen molar-refractivity contribution in [3.05, 3.63) is 184 Å². The van der Waals surface area contributed by atoms with Crippen LogP contribution in [0.3, 0.4) is 0 Å². The van der Waals surface area contributed by atoms with Crippen molar-refractivity contribution in [2.24, 2.45) is 0 Å². The molecule has 2 unspecified atom stereocenters. The van der Waals surface area contributed by atoms with E-state index in [9.17, 15) is 49.5 Å². The summed E-state index contributed by atoms with van der Waals surface area (Å²) in [6.07, 6.45) is -2.21. The molecular formula is C64H66Cl2N5O14P. The Kier molecular flexibility index (Phi) is 19.0. The Morgan fingerprint density at radius 2 is 1.44 bits per heavy atom. The molecule has 450 valence electrons. The minimum Gasteiger partial charge on any atom is -0.388 e. The van der Waals surface area contributed by atoms with E-state index in [0.29, 0.717) is 23.5 Å². The molecule has 86 heavy (non-hydrogen) atoms. The number of phenols is 2. The molecule has 7 atom stereocenters. The van der Waals surface area contributed by atoms with Gasteiger partial charge in [0.25, 0.3) is 5.91 Å². The monoisotopic (exact) mass is 1230 g/mol. The van der Waals surface area contributed by atoms with E-state index in [4.69, 9.17) is 42.1 Å². The van der Waals surface area contributed by atoms with Crippen molar-refractivity contribution in [3.8, 4) is 17.2 Å². The molecule has 2 aliphatic carbocycles. The fourth-order valence-electron chi connectivity index (χ4n) is 12.2. The summed E-state index contributed by atoms with van der Waals surface area (Å²) in [7, 11) is -1.06. The molecule has 0 saturated carbocycles. The van der Waals surface area contributed by atoms with Crippen molar-refractivity contribution in [1.29, 1.82) is 0 Å². The number of fused-ring (bicyclic) bond motifs is 3. The molecule has 2 amide bonds. The number of nitrogens with zero attached hydrogens (tertiary/aromatic N) is 3. The van der Waals surface area contributed by atoms with E-state index in [1.54, 1.807) is 35.1 Å². The molecule has 6 aromatic carbocycles. The van der Waals surface area contributed by atoms with Crippen molar-refractivity contribution in [3.63, 3.8) is 0 Å². The Morgan fingerprint density at radius 1 is 0.814 bits per heavy atom. The standard InChI is InChI=1S/C64H66Cl2N5O14P/c1-37-56(74)46(32-51(83-37)84-49-34-64(81,50(73)36-72)33-45-53(49)60(78)55-54(58(45)76)57(75)44-23-16-24-47(82-2)52(44)59(55)77)68-63(80)85-48(38-25-27-39(28-26-38)67-62(79)61(65)66)31-40-35-71(70-69-40)29-14-3-4-15-30-86(41-17-8-5-9-18-41,42-19-10-6-11-20-42)43-21-12-7-13-22-43/h5-13,16-28,35,37,46,48-49,51,56,61,72,74,76,78,81,86H,3-4,14-15,29-34,36H2,1-2H3,(H,67,79)(H,68,80)/t37-,46-,48?,49-,51?,56+,64-/m0/s1. The van der Waals surface area contributed by atoms with Crippen molar-refractivity contribution in [1.82, 2.24) is 20.3 Å². The number of anilines is 1. The summed E-state index contributed by atoms with van der Waals surface area (Å²) in [6.45, 7) is 0.977. The van der Waals surface area contributed by atoms with E-state index in [1.807, 2.05) is 0 Å². The summed E-state index contributed by atoms with van der Waals surface area (Å²) in [6, 6.07) is 42.2. The second-order valence-electron chi connectivity index (χ2n) is 21.9. The third kappa shape index (κ3) is 12.6. The predicted molar refractivity (Wildman–Crippen MR) is 324 cm³/mol. The number of aromatic hydroxyl groups is 2. The molecule has 0 bridgehead atoms. The number of hydrogen-bond acceptors (Lipinski definition) is 16. The van der Waals surface area contributed by atoms with Crippen molar-refractivity contribution in [2.45, 2.75) is 112 Å². The van der Waals surface area contributed by atoms with E-state index >= 15 is 0 Å². The zero-order chi connectivity index (χ0) is 60.9. The van der Waals surface area contributed by atoms with Crippen LogP contribution in [0.4, 0.5) is 10.5 Å². The van der Waals surface area contributed by atoms with Gasteiger partial charge in [0.1, 0.15) is 35.6 Å². The third-order valence-electron chi connectivity index (χ3n) is 16.5. The first kappa shape index (κ1) is 61.5. The number of alkyl carbamates (subject to hydrolysis) is 1. The molecule has 1 aromatic heterocycles. The normalized spacial score (nSPS) is 20.5. The van der Waals surface area contributed by atoms with Gasteiger partial charge >= 0.3 is 208 Å². The number of unbranched alkanes of at least 4 members (excludes halogenated alkanes) is 3. The number of ether oxygens (including phenoxy) is 4. The van der Waals surface area contributed by atoms with Crippen LogP contribution in [0.1, 0.15) is 112 Å². The average Bonchev–Trinajstić information content (AvgIpc) is 0.783. The predicted octanol–water partition coefficient (Wildman–Crippen LogP) is 7.37. The van der Waals surface area contributed by atoms with Gasteiger partial charge in [0, 0.05) is 41.6 Å². The molecule has 0 spiro atoms. The number of aryl methyl sites for hydroxylation is 1. The zero-order valence-corrected chi connectivity index (χ0v) is 49.6. The number of ketones is 3. The Hall–Kier alpha value is -7.58. The number of aliphatic hydroxyl groups excluding tert-OH is 2. The van der Waals surface area contributed by atoms with Gasteiger partial charge in [-0.25, -0.2) is 4.79 Å². The molecule has 0 radical (unpaired) electrons. The van der Waals surface area contributed by atoms with Gasteiger partial charge in [-0.2, -0.15) is 0 Å². The van der Waals surface area contributed by atoms with E-state index in [1.165, 1.54) is 48.1 Å². The summed E-state index contributed by atoms with van der Waals surface area (Å²) in [5.41, 5.74) is -2.96. The Bertz CT molecular complexity index is 3520. The first-order valence-electron chi connectivity index (χ1n) is 28.4. The van der Waals surface area contributed by atoms with Crippen LogP contribution in [-0.4, -0.2) is 125 Å². The topological polar surface area (TPSA) is 278 Å². The van der Waals surface area contributed by atoms with Gasteiger partial charge in [0.2, 0.25) is 5.78 Å². The Morgan fingerprint density at radius 3 is 2.06 bits per heavy atom. The molecule has 1 fully saturated rings. The smallest absolute Gasteiger partial charge is 0.388 e. The molecule has 10 rings (SSSR count). The fourth-order valence-corrected chi connectivity index (χ4v) is 17.3. The van der Waals surface area contributed by atoms with Crippen molar-refractivity contribution < 1.29 is 68.5 Å². The van der Waals surface area contributed by atoms with Gasteiger partial charge in [-0.05, 0) is 25.1 Å². The van der Waals surface area contributed by atoms with Crippen LogP contribution < -0.4 is 31.3 Å². The average molecular weight is 1230 g/mol. The van der Waals surface area contributed by atoms with E-state index in [2.05, 4.69) is 112 Å². The number of phenolic OH excluding ortho intramolecular Hbond substituents is 2. The van der Waals surface area contributed by atoms with Crippen LogP contribution in [-0.2, 0) is 43.2 Å². The number of aliphatic hydroxyl groups is 3. The molecule has 7 aromatic rings. The Labute approximate surface area is 506 Å². The van der Waals surface area contributed by atoms with Crippen LogP contribution in [0.15, 0.2) is 140 Å². The van der Waals surface area contributed by atoms with Gasteiger partial charge in [-0.1, -0.05) is 47.5 Å². The van der Waals surface area contributed by atoms with Crippen LogP contribution in [0.5, 0.6) is 17.2 Å². The first-order valence-corrected chi connectivity index (χ1v) is 31.5. The summed E-state index contributed by atoms with van der Waals surface area (Å²) in [5.74, 6) is -4.91. The number of halogens is 2. The van der Waals surface area contributed by atoms with Gasteiger partial charge in [-0.15, -0.1) is 0 Å². The number of aromatic nitrogens is 3. The third-order valence-corrected chi connectivity index (χ3v) is 22.0. The number of rotatable bonds is 22. The number of benzene rings is 6. The van der Waals surface area contributed by atoms with E-state index < -0.39 is 126 Å². The molecule has 1 saturated heterocycles. The van der Waals surface area contributed by atoms with Crippen molar-refractivity contribution >= 4 is 81.4 Å². The molecule has 19 nitrogen and oxygen atoms in total. The van der Waals surface area contributed by atoms with Crippen molar-refractivity contribution in [2.75, 3.05) is 25.2 Å². The maximum atomic E-state index is 14.2. The van der Waals surface area contributed by atoms with Gasteiger partial charge < -0.3 is 50.4 Å². The number of alkyl halides is 2. The zero-order valence-electron chi connectivity index (χ0n) is 47.1. The summed E-state index contributed by atoms with van der Waals surface area (Å²) in [5, 5.41) is 75.5. The number of carbonyl (C=O) groups is 5. The quantitative estimate of drug-likeness (QED) is 0.0151. The van der Waals surface area contributed by atoms with Gasteiger partial charge in [0.05, 0.1) is 42.0 Å². The number of nitrogens with one attached hydrogen (secondary N) is 2. The van der Waals surface area contributed by atoms with E-state index in [0.717, 1.165) is 31.8 Å². The summed E-state index contributed by atoms with van der Waals surface area (Å²) in [4.78, 5) is 66.6. The van der Waals surface area contributed by atoms with Crippen LogP contribution in [0, 0.1) is 0 Å². The van der Waals surface area contributed by atoms with Gasteiger partial charge in [0.15, 0.2) is 22.7 Å². The van der Waals surface area contributed by atoms with Crippen LogP contribution in [0.25, 0.3) is 0 Å². The second-order valence-corrected chi connectivity index (χ2v) is 27.0. The van der Waals surface area contributed by atoms with E-state index in [-0.39, 0.29) is 40.8 Å². The first-order chi connectivity index (χ1) is 41.4. The molecular weight excluding hydrogens is 1160 g/mol. The van der Waals surface area contributed by atoms with Crippen LogP contribution >= 0.6 is 30.5 Å². The van der Waals surface area contributed by atoms with Crippen LogP contribution in [0.2, 0.25) is 0 Å². The molecule has 1 aliphatic heterocycles. The molecule has 22 heteroatoms. The number of methoxy groups -OCH3 is 1. The Balaban J connectivity index is 0.834. The summed E-state index contributed by atoms with van der Waals surface area (Å²) >= 11 is 11.6. The second kappa shape index (κ2) is 26.6. The number of amides is 2. The summed E-state index contributed by atoms with van der Waals surface area (Å²) < 4.78 is 25.7.